The van der Waals surface area contributed by atoms with E-state index < -0.39 is 0 Å². The highest BCUT2D eigenvalue weighted by Crippen LogP contribution is 2.29. The van der Waals surface area contributed by atoms with Crippen molar-refractivity contribution in [3.8, 4) is 0 Å². The Balaban J connectivity index is 3.11. The summed E-state index contributed by atoms with van der Waals surface area (Å²) >= 11 is 5.92. The molecule has 82 valence electrons. The molecule has 0 fully saturated rings. The molecule has 15 heavy (non-hydrogen) atoms. The van der Waals surface area contributed by atoms with Crippen molar-refractivity contribution in [3.05, 3.63) is 16.8 Å². The third-order valence-corrected chi connectivity index (χ3v) is 2.08. The summed E-state index contributed by atoms with van der Waals surface area (Å²) in [6, 6.07) is 1.74. The number of nitrogens with one attached hydrogen (secondary N) is 1. The van der Waals surface area contributed by atoms with Crippen LogP contribution in [0.1, 0.15) is 26.3 Å². The fourth-order valence-electron chi connectivity index (χ4n) is 1.05. The lowest BCUT2D eigenvalue weighted by Crippen LogP contribution is -2.13. The van der Waals surface area contributed by atoms with Crippen LogP contribution in [0.15, 0.2) is 11.1 Å². The molecule has 0 radical (unpaired) electrons. The van der Waals surface area contributed by atoms with E-state index in [1.807, 2.05) is 20.8 Å². The van der Waals surface area contributed by atoms with Crippen LogP contribution in [0.4, 0.5) is 5.82 Å². The zero-order chi connectivity index (χ0) is 11.5. The minimum atomic E-state index is -0.121. The number of rotatable bonds is 2. The van der Waals surface area contributed by atoms with E-state index in [4.69, 9.17) is 16.8 Å². The van der Waals surface area contributed by atoms with Gasteiger partial charge in [-0.2, -0.15) is 0 Å². The topological polar surface area (TPSA) is 70.4 Å². The minimum Gasteiger partial charge on any atom is -0.290 e. The highest BCUT2D eigenvalue weighted by molar-refractivity contribution is 6.30. The van der Waals surface area contributed by atoms with Crippen molar-refractivity contribution in [1.82, 2.24) is 15.7 Å². The molecular formula is C9H13ClN4O. The van der Waals surface area contributed by atoms with Gasteiger partial charge in [0.15, 0.2) is 11.0 Å². The number of halogens is 1. The highest BCUT2D eigenvalue weighted by atomic mass is 35.5. The first-order valence-electron chi connectivity index (χ1n) is 4.41. The number of hydrogen-bond donors (Lipinski definition) is 2. The molecule has 6 heteroatoms. The second-order valence-electron chi connectivity index (χ2n) is 4.04. The molecule has 2 N–H and O–H groups in total. The molecule has 0 saturated carbocycles. The molecule has 0 bridgehead atoms. The Kier molecular flexibility index (Phi) is 3.60. The minimum absolute atomic E-state index is 0.121. The van der Waals surface area contributed by atoms with E-state index in [1.54, 1.807) is 11.5 Å². The molecule has 1 aromatic rings. The molecule has 0 aliphatic carbocycles. The Morgan fingerprint density at radius 3 is 2.67 bits per heavy atom. The molecule has 0 aliphatic heterocycles. The Morgan fingerprint density at radius 1 is 1.47 bits per heavy atom. The summed E-state index contributed by atoms with van der Waals surface area (Å²) in [6.07, 6.45) is 1.12. The zero-order valence-electron chi connectivity index (χ0n) is 8.82. The van der Waals surface area contributed by atoms with Crippen molar-refractivity contribution in [2.24, 2.45) is 4.99 Å². The van der Waals surface area contributed by atoms with Gasteiger partial charge in [-0.15, -0.1) is 10.2 Å². The maximum Gasteiger partial charge on any atom is 0.176 e. The van der Waals surface area contributed by atoms with E-state index in [0.29, 0.717) is 11.0 Å². The lowest BCUT2D eigenvalue weighted by Gasteiger charge is -2.19. The van der Waals surface area contributed by atoms with Crippen molar-refractivity contribution in [3.63, 3.8) is 0 Å². The molecule has 0 aliphatic rings. The summed E-state index contributed by atoms with van der Waals surface area (Å²) in [6.45, 7) is 6.06. The summed E-state index contributed by atoms with van der Waals surface area (Å²) in [5, 5.41) is 16.3. The van der Waals surface area contributed by atoms with Crippen molar-refractivity contribution >= 4 is 23.8 Å². The van der Waals surface area contributed by atoms with Gasteiger partial charge >= 0.3 is 0 Å². The van der Waals surface area contributed by atoms with Crippen LogP contribution >= 0.6 is 11.6 Å². The summed E-state index contributed by atoms with van der Waals surface area (Å²) in [4.78, 5) is 3.82. The molecule has 0 atom stereocenters. The molecule has 0 aromatic carbocycles. The fraction of sp³-hybridized carbons (Fsp3) is 0.444. The van der Waals surface area contributed by atoms with Gasteiger partial charge in [-0.25, -0.2) is 4.99 Å². The van der Waals surface area contributed by atoms with Crippen LogP contribution in [-0.2, 0) is 5.41 Å². The van der Waals surface area contributed by atoms with Crippen LogP contribution in [0.2, 0.25) is 5.15 Å². The normalized spacial score (nSPS) is 12.1. The van der Waals surface area contributed by atoms with Gasteiger partial charge in [0, 0.05) is 5.56 Å². The van der Waals surface area contributed by atoms with Gasteiger partial charge < -0.3 is 0 Å². The molecule has 5 nitrogen and oxygen atoms in total. The molecular weight excluding hydrogens is 216 g/mol. The van der Waals surface area contributed by atoms with Crippen LogP contribution in [0.5, 0.6) is 0 Å². The van der Waals surface area contributed by atoms with Crippen LogP contribution in [0, 0.1) is 0 Å². The first-order chi connectivity index (χ1) is 6.95. The van der Waals surface area contributed by atoms with Crippen LogP contribution in [0.3, 0.4) is 0 Å². The van der Waals surface area contributed by atoms with E-state index in [9.17, 15) is 0 Å². The quantitative estimate of drug-likeness (QED) is 0.462. The van der Waals surface area contributed by atoms with Crippen LogP contribution in [-0.4, -0.2) is 21.7 Å². The molecule has 1 aromatic heterocycles. The third-order valence-electron chi connectivity index (χ3n) is 1.80. The Morgan fingerprint density at radius 2 is 2.13 bits per heavy atom. The van der Waals surface area contributed by atoms with Gasteiger partial charge in [-0.3, -0.25) is 10.7 Å². The van der Waals surface area contributed by atoms with E-state index in [0.717, 1.165) is 11.9 Å². The average Bonchev–Trinajstić information content (AvgIpc) is 2.15. The van der Waals surface area contributed by atoms with E-state index >= 15 is 0 Å². The second kappa shape index (κ2) is 4.55. The predicted octanol–water partition coefficient (Wildman–Crippen LogP) is 2.07. The van der Waals surface area contributed by atoms with Gasteiger partial charge in [0.25, 0.3) is 0 Å². The maximum atomic E-state index is 8.34. The summed E-state index contributed by atoms with van der Waals surface area (Å²) < 4.78 is 0. The van der Waals surface area contributed by atoms with Gasteiger partial charge in [-0.1, -0.05) is 32.4 Å². The zero-order valence-corrected chi connectivity index (χ0v) is 9.58. The molecule has 0 spiro atoms. The van der Waals surface area contributed by atoms with E-state index in [-0.39, 0.29) is 5.41 Å². The van der Waals surface area contributed by atoms with Crippen molar-refractivity contribution < 1.29 is 5.21 Å². The largest absolute Gasteiger partial charge is 0.290 e. The lowest BCUT2D eigenvalue weighted by atomic mass is 9.88. The Bertz CT molecular complexity index is 373. The summed E-state index contributed by atoms with van der Waals surface area (Å²) in [5.41, 5.74) is 2.54. The van der Waals surface area contributed by atoms with Crippen molar-refractivity contribution in [2.75, 3.05) is 0 Å². The van der Waals surface area contributed by atoms with Crippen molar-refractivity contribution in [2.45, 2.75) is 26.2 Å². The van der Waals surface area contributed by atoms with Gasteiger partial charge in [-0.05, 0) is 11.5 Å². The Labute approximate surface area is 93.2 Å². The maximum absolute atomic E-state index is 8.34. The SMILES string of the molecule is CC(C)(C)c1cc(N=CNO)nnc1Cl. The third kappa shape index (κ3) is 3.14. The summed E-state index contributed by atoms with van der Waals surface area (Å²) in [5.74, 6) is 0.394. The number of hydrogen-bond acceptors (Lipinski definition) is 4. The van der Waals surface area contributed by atoms with Crippen LogP contribution < -0.4 is 5.48 Å². The number of hydroxylamine groups is 1. The molecule has 0 amide bonds. The van der Waals surface area contributed by atoms with Crippen LogP contribution in [0.25, 0.3) is 0 Å². The molecule has 0 saturated heterocycles. The first kappa shape index (κ1) is 11.9. The van der Waals surface area contributed by atoms with E-state index in [1.165, 1.54) is 0 Å². The molecule has 1 heterocycles. The Hall–Kier alpha value is -1.20. The molecule has 1 rings (SSSR count). The number of nitrogens with zero attached hydrogens (tertiary/aromatic N) is 3. The lowest BCUT2D eigenvalue weighted by molar-refractivity contribution is 0.240. The van der Waals surface area contributed by atoms with Gasteiger partial charge in [0.05, 0.1) is 0 Å². The smallest absolute Gasteiger partial charge is 0.176 e. The first-order valence-corrected chi connectivity index (χ1v) is 4.79. The van der Waals surface area contributed by atoms with Crippen molar-refractivity contribution in [1.29, 1.82) is 0 Å². The standard InChI is InChI=1S/C9H13ClN4O/c1-9(2,3)6-4-7(11-5-12-15)13-14-8(6)10/h4-5,15H,1-3H3,(H,11,12,13). The van der Waals surface area contributed by atoms with Gasteiger partial charge in [0.2, 0.25) is 0 Å². The molecule has 0 unspecified atom stereocenters. The predicted molar refractivity (Wildman–Crippen MR) is 58.8 cm³/mol. The number of aliphatic imine (C=N–C) groups is 1. The number of aromatic nitrogens is 2. The summed E-state index contributed by atoms with van der Waals surface area (Å²) in [7, 11) is 0. The van der Waals surface area contributed by atoms with E-state index in [2.05, 4.69) is 15.2 Å². The monoisotopic (exact) mass is 228 g/mol. The highest BCUT2D eigenvalue weighted by Gasteiger charge is 2.19. The average molecular weight is 229 g/mol. The second-order valence-corrected chi connectivity index (χ2v) is 4.40. The van der Waals surface area contributed by atoms with Gasteiger partial charge in [0.1, 0.15) is 6.34 Å². The fourth-order valence-corrected chi connectivity index (χ4v) is 1.43.